The first-order valence-corrected chi connectivity index (χ1v) is 11.0. The lowest BCUT2D eigenvalue weighted by atomic mass is 9.95. The first kappa shape index (κ1) is 18.9. The Bertz CT molecular complexity index is 975. The summed E-state index contributed by atoms with van der Waals surface area (Å²) in [5, 5.41) is 3.17. The van der Waals surface area contributed by atoms with E-state index < -0.39 is 0 Å². The topological polar surface area (TPSA) is 85.1 Å². The third-order valence-corrected chi connectivity index (χ3v) is 6.63. The largest absolute Gasteiger partial charge is 0.463 e. The number of aromatic nitrogens is 2. The van der Waals surface area contributed by atoms with Gasteiger partial charge in [0.15, 0.2) is 16.7 Å². The molecule has 1 fully saturated rings. The molecule has 1 N–H and O–H groups in total. The molecule has 1 amide bonds. The van der Waals surface area contributed by atoms with Gasteiger partial charge in [0.05, 0.1) is 11.8 Å². The molecule has 1 aliphatic rings. The zero-order valence-electron chi connectivity index (χ0n) is 15.3. The van der Waals surface area contributed by atoms with Gasteiger partial charge in [0.2, 0.25) is 0 Å². The van der Waals surface area contributed by atoms with Crippen molar-refractivity contribution >= 4 is 39.9 Å². The number of Topliss-reactive ketones (excluding diaryl/α,β-unsaturated/α-hetero) is 1. The zero-order valence-corrected chi connectivity index (χ0v) is 16.9. The van der Waals surface area contributed by atoms with Gasteiger partial charge in [-0.15, -0.1) is 0 Å². The van der Waals surface area contributed by atoms with Gasteiger partial charge in [-0.1, -0.05) is 11.3 Å². The van der Waals surface area contributed by atoms with Crippen LogP contribution >= 0.6 is 23.1 Å². The summed E-state index contributed by atoms with van der Waals surface area (Å²) in [4.78, 5) is 34.8. The SMILES string of the molecule is Cc1ccc(C(=O)Nc2nc(-c3ccco3)c(C(=O)C3CCSCC3)s2)cn1. The van der Waals surface area contributed by atoms with E-state index in [0.717, 1.165) is 30.0 Å². The van der Waals surface area contributed by atoms with Crippen molar-refractivity contribution in [2.45, 2.75) is 19.8 Å². The summed E-state index contributed by atoms with van der Waals surface area (Å²) in [5.41, 5.74) is 1.78. The van der Waals surface area contributed by atoms with Crippen LogP contribution in [0.2, 0.25) is 0 Å². The van der Waals surface area contributed by atoms with E-state index in [1.807, 2.05) is 18.7 Å². The number of carbonyl (C=O) groups excluding carboxylic acids is 2. The molecule has 1 saturated heterocycles. The van der Waals surface area contributed by atoms with Gasteiger partial charge in [-0.3, -0.25) is 19.9 Å². The summed E-state index contributed by atoms with van der Waals surface area (Å²) >= 11 is 3.09. The number of nitrogens with zero attached hydrogens (tertiary/aromatic N) is 2. The van der Waals surface area contributed by atoms with Crippen molar-refractivity contribution in [3.05, 3.63) is 52.9 Å². The molecule has 0 atom stereocenters. The second-order valence-corrected chi connectivity index (χ2v) is 8.79. The number of thioether (sulfide) groups is 1. The Morgan fingerprint density at radius 2 is 2.04 bits per heavy atom. The van der Waals surface area contributed by atoms with Crippen molar-refractivity contribution in [1.82, 2.24) is 9.97 Å². The number of amides is 1. The molecule has 1 aliphatic heterocycles. The Balaban J connectivity index is 1.62. The van der Waals surface area contributed by atoms with Gasteiger partial charge < -0.3 is 4.42 Å². The number of ketones is 1. The van der Waals surface area contributed by atoms with Gasteiger partial charge in [-0.25, -0.2) is 4.98 Å². The Kier molecular flexibility index (Phi) is 5.59. The van der Waals surface area contributed by atoms with E-state index in [1.54, 1.807) is 30.5 Å². The molecule has 4 heterocycles. The van der Waals surface area contributed by atoms with Crippen LogP contribution in [0.25, 0.3) is 11.5 Å². The lowest BCUT2D eigenvalue weighted by Crippen LogP contribution is -2.19. The highest BCUT2D eigenvalue weighted by Crippen LogP contribution is 2.36. The van der Waals surface area contributed by atoms with Crippen molar-refractivity contribution < 1.29 is 14.0 Å². The number of hydrogen-bond donors (Lipinski definition) is 1. The van der Waals surface area contributed by atoms with Crippen LogP contribution in [0.4, 0.5) is 5.13 Å². The third kappa shape index (κ3) is 4.02. The highest BCUT2D eigenvalue weighted by atomic mass is 32.2. The molecule has 28 heavy (non-hydrogen) atoms. The second-order valence-electron chi connectivity index (χ2n) is 6.57. The molecular weight excluding hydrogens is 394 g/mol. The lowest BCUT2D eigenvalue weighted by molar-refractivity contribution is 0.0917. The van der Waals surface area contributed by atoms with Crippen LogP contribution in [-0.2, 0) is 0 Å². The average Bonchev–Trinajstić information content (AvgIpc) is 3.38. The summed E-state index contributed by atoms with van der Waals surface area (Å²) < 4.78 is 5.48. The monoisotopic (exact) mass is 413 g/mol. The van der Waals surface area contributed by atoms with Gasteiger partial charge in [-0.2, -0.15) is 11.8 Å². The molecule has 0 aromatic carbocycles. The van der Waals surface area contributed by atoms with E-state index in [1.165, 1.54) is 17.5 Å². The number of nitrogens with one attached hydrogen (secondary N) is 1. The molecule has 3 aromatic heterocycles. The summed E-state index contributed by atoms with van der Waals surface area (Å²) in [6.45, 7) is 1.86. The van der Waals surface area contributed by atoms with Crippen LogP contribution in [0.3, 0.4) is 0 Å². The molecule has 4 rings (SSSR count). The lowest BCUT2D eigenvalue weighted by Gasteiger charge is -2.19. The maximum absolute atomic E-state index is 13.1. The third-order valence-electron chi connectivity index (χ3n) is 4.59. The van der Waals surface area contributed by atoms with E-state index in [0.29, 0.717) is 27.0 Å². The van der Waals surface area contributed by atoms with E-state index in [9.17, 15) is 9.59 Å². The maximum Gasteiger partial charge on any atom is 0.259 e. The fourth-order valence-corrected chi connectivity index (χ4v) is 5.13. The number of hydrogen-bond acceptors (Lipinski definition) is 7. The molecule has 3 aromatic rings. The summed E-state index contributed by atoms with van der Waals surface area (Å²) in [5.74, 6) is 2.30. The van der Waals surface area contributed by atoms with E-state index in [4.69, 9.17) is 4.42 Å². The van der Waals surface area contributed by atoms with Crippen LogP contribution in [0.5, 0.6) is 0 Å². The summed E-state index contributed by atoms with van der Waals surface area (Å²) in [6.07, 6.45) is 4.82. The molecule has 0 spiro atoms. The van der Waals surface area contributed by atoms with Crippen LogP contribution in [0.15, 0.2) is 41.1 Å². The van der Waals surface area contributed by atoms with Crippen LogP contribution in [-0.4, -0.2) is 33.2 Å². The number of thiazole rings is 1. The van der Waals surface area contributed by atoms with Crippen molar-refractivity contribution in [3.8, 4) is 11.5 Å². The molecular formula is C20H19N3O3S2. The molecule has 0 radical (unpaired) electrons. The summed E-state index contributed by atoms with van der Waals surface area (Å²) in [7, 11) is 0. The minimum absolute atomic E-state index is 0.000243. The van der Waals surface area contributed by atoms with Crippen molar-refractivity contribution in [1.29, 1.82) is 0 Å². The maximum atomic E-state index is 13.1. The number of carbonyl (C=O) groups is 2. The second kappa shape index (κ2) is 8.28. The minimum atomic E-state index is -0.305. The first-order valence-electron chi connectivity index (χ1n) is 9.02. The molecule has 6 nitrogen and oxygen atoms in total. The number of anilines is 1. The zero-order chi connectivity index (χ0) is 19.5. The molecule has 0 unspecified atom stereocenters. The van der Waals surface area contributed by atoms with Gasteiger partial charge in [0, 0.05) is 17.8 Å². The van der Waals surface area contributed by atoms with E-state index >= 15 is 0 Å². The smallest absolute Gasteiger partial charge is 0.259 e. The highest BCUT2D eigenvalue weighted by molar-refractivity contribution is 7.99. The van der Waals surface area contributed by atoms with Gasteiger partial charge in [0.1, 0.15) is 10.6 Å². The Labute approximate surface area is 170 Å². The minimum Gasteiger partial charge on any atom is -0.463 e. The molecule has 144 valence electrons. The molecule has 0 aliphatic carbocycles. The fraction of sp³-hybridized carbons (Fsp3) is 0.300. The van der Waals surface area contributed by atoms with Gasteiger partial charge in [-0.05, 0) is 55.5 Å². The number of rotatable bonds is 5. The van der Waals surface area contributed by atoms with Crippen LogP contribution in [0, 0.1) is 12.8 Å². The van der Waals surface area contributed by atoms with E-state index in [2.05, 4.69) is 15.3 Å². The Hall–Kier alpha value is -2.45. The standard InChI is InChI=1S/C20H19N3O3S2/c1-12-4-5-14(11-21-12)19(25)23-20-22-16(15-3-2-8-26-15)18(28-20)17(24)13-6-9-27-10-7-13/h2-5,8,11,13H,6-7,9-10H2,1H3,(H,22,23,25). The quantitative estimate of drug-likeness (QED) is 0.611. The van der Waals surface area contributed by atoms with Crippen LogP contribution < -0.4 is 5.32 Å². The fourth-order valence-electron chi connectivity index (χ4n) is 3.04. The van der Waals surface area contributed by atoms with Gasteiger partial charge in [0.25, 0.3) is 5.91 Å². The average molecular weight is 414 g/mol. The first-order chi connectivity index (χ1) is 13.6. The normalized spacial score (nSPS) is 14.8. The Morgan fingerprint density at radius 1 is 1.21 bits per heavy atom. The van der Waals surface area contributed by atoms with Crippen molar-refractivity contribution in [3.63, 3.8) is 0 Å². The number of pyridine rings is 1. The summed E-state index contributed by atoms with van der Waals surface area (Å²) in [6, 6.07) is 7.03. The van der Waals surface area contributed by atoms with Crippen molar-refractivity contribution in [2.75, 3.05) is 16.8 Å². The Morgan fingerprint density at radius 3 is 2.71 bits per heavy atom. The molecule has 0 saturated carbocycles. The number of furan rings is 1. The predicted molar refractivity (Wildman–Crippen MR) is 111 cm³/mol. The van der Waals surface area contributed by atoms with Gasteiger partial charge >= 0.3 is 0 Å². The van der Waals surface area contributed by atoms with E-state index in [-0.39, 0.29) is 17.6 Å². The van der Waals surface area contributed by atoms with Crippen LogP contribution in [0.1, 0.15) is 38.6 Å². The highest BCUT2D eigenvalue weighted by Gasteiger charge is 2.29. The molecule has 0 bridgehead atoms. The predicted octanol–water partition coefficient (Wildman–Crippen LogP) is 4.68. The van der Waals surface area contributed by atoms with Crippen molar-refractivity contribution in [2.24, 2.45) is 5.92 Å². The molecule has 8 heteroatoms. The number of aryl methyl sites for hydroxylation is 1.